The van der Waals surface area contributed by atoms with E-state index in [1.807, 2.05) is 48.5 Å². The summed E-state index contributed by atoms with van der Waals surface area (Å²) in [5.41, 5.74) is 5.35. The number of sulfonamides is 1. The maximum Gasteiger partial charge on any atom is 0.511 e. The molecular formula is C26H25NO5S2. The average Bonchev–Trinajstić information content (AvgIpc) is 2.98. The van der Waals surface area contributed by atoms with Crippen LogP contribution in [-0.4, -0.2) is 32.0 Å². The Kier molecular flexibility index (Phi) is 7.72. The van der Waals surface area contributed by atoms with Gasteiger partial charge in [-0.15, -0.1) is 11.8 Å². The summed E-state index contributed by atoms with van der Waals surface area (Å²) in [6, 6.07) is 22.8. The van der Waals surface area contributed by atoms with E-state index in [0.717, 1.165) is 35.1 Å². The molecule has 0 amide bonds. The Hall–Kier alpha value is -3.07. The first-order chi connectivity index (χ1) is 16.4. The van der Waals surface area contributed by atoms with Gasteiger partial charge in [0.2, 0.25) is 10.0 Å². The highest BCUT2D eigenvalue weighted by Crippen LogP contribution is 2.42. The highest BCUT2D eigenvalue weighted by Gasteiger charge is 2.25. The molecule has 2 N–H and O–H groups in total. The van der Waals surface area contributed by atoms with Crippen molar-refractivity contribution in [1.82, 2.24) is 4.72 Å². The summed E-state index contributed by atoms with van der Waals surface area (Å²) < 4.78 is 32.3. The molecule has 0 saturated heterocycles. The molecule has 6 nitrogen and oxygen atoms in total. The van der Waals surface area contributed by atoms with Crippen LogP contribution in [-0.2, 0) is 22.9 Å². The smallest absolute Gasteiger partial charge is 0.449 e. The van der Waals surface area contributed by atoms with E-state index in [0.29, 0.717) is 5.75 Å². The van der Waals surface area contributed by atoms with Crippen molar-refractivity contribution in [3.05, 3.63) is 106 Å². The number of nitrogens with one attached hydrogen (secondary N) is 1. The molecule has 0 aliphatic heterocycles. The van der Waals surface area contributed by atoms with E-state index in [1.165, 1.54) is 11.0 Å². The van der Waals surface area contributed by atoms with Crippen LogP contribution in [0.4, 0.5) is 4.79 Å². The Balaban J connectivity index is 1.48. The van der Waals surface area contributed by atoms with E-state index in [1.54, 1.807) is 30.0 Å². The van der Waals surface area contributed by atoms with Crippen molar-refractivity contribution >= 4 is 34.0 Å². The van der Waals surface area contributed by atoms with Crippen LogP contribution >= 0.6 is 11.8 Å². The first-order valence-electron chi connectivity index (χ1n) is 10.9. The molecule has 1 atom stereocenters. The van der Waals surface area contributed by atoms with E-state index in [9.17, 15) is 13.2 Å². The van der Waals surface area contributed by atoms with Gasteiger partial charge in [-0.3, -0.25) is 0 Å². The van der Waals surface area contributed by atoms with E-state index in [4.69, 9.17) is 9.84 Å². The highest BCUT2D eigenvalue weighted by molar-refractivity contribution is 7.99. The maximum atomic E-state index is 12.4. The molecule has 0 bridgehead atoms. The lowest BCUT2D eigenvalue weighted by atomic mass is 9.99. The molecule has 1 aliphatic rings. The number of ether oxygens (including phenoxy) is 1. The predicted molar refractivity (Wildman–Crippen MR) is 136 cm³/mol. The second-order valence-corrected chi connectivity index (χ2v) is 10.7. The van der Waals surface area contributed by atoms with Crippen molar-refractivity contribution in [2.24, 2.45) is 0 Å². The Bertz CT molecular complexity index is 1290. The number of hydrogen-bond donors (Lipinski definition) is 2. The molecule has 3 aromatic carbocycles. The molecule has 8 heteroatoms. The van der Waals surface area contributed by atoms with Crippen molar-refractivity contribution < 1.29 is 23.1 Å². The molecular weight excluding hydrogens is 470 g/mol. The molecule has 0 spiro atoms. The van der Waals surface area contributed by atoms with Crippen molar-refractivity contribution in [2.75, 3.05) is 12.3 Å². The molecule has 34 heavy (non-hydrogen) atoms. The summed E-state index contributed by atoms with van der Waals surface area (Å²) in [6.45, 7) is 0.269. The molecule has 0 heterocycles. The lowest BCUT2D eigenvalue weighted by molar-refractivity contribution is 0.144. The van der Waals surface area contributed by atoms with Crippen molar-refractivity contribution in [1.29, 1.82) is 0 Å². The van der Waals surface area contributed by atoms with E-state index in [-0.39, 0.29) is 17.5 Å². The number of rotatable bonds is 8. The van der Waals surface area contributed by atoms with Crippen LogP contribution in [0.15, 0.2) is 78.2 Å². The SMILES string of the molecule is O=C(O)Oc1ccc2c(c1)C(SCCNS(=O)(=O)C=Cc1ccccc1)c1ccccc1CC2. The van der Waals surface area contributed by atoms with Gasteiger partial charge < -0.3 is 9.84 Å². The lowest BCUT2D eigenvalue weighted by Gasteiger charge is -2.20. The fraction of sp³-hybridized carbons (Fsp3) is 0.192. The minimum atomic E-state index is -3.56. The Morgan fingerprint density at radius 1 is 1.00 bits per heavy atom. The minimum Gasteiger partial charge on any atom is -0.449 e. The van der Waals surface area contributed by atoms with Gasteiger partial charge in [0.25, 0.3) is 0 Å². The lowest BCUT2D eigenvalue weighted by Crippen LogP contribution is -2.24. The van der Waals surface area contributed by atoms with Gasteiger partial charge in [0, 0.05) is 17.7 Å². The second kappa shape index (κ2) is 10.9. The number of benzene rings is 3. The first-order valence-corrected chi connectivity index (χ1v) is 13.5. The van der Waals surface area contributed by atoms with Gasteiger partial charge in [-0.25, -0.2) is 17.9 Å². The predicted octanol–water partition coefficient (Wildman–Crippen LogP) is 5.25. The third kappa shape index (κ3) is 6.28. The normalized spacial score (nSPS) is 15.4. The summed E-state index contributed by atoms with van der Waals surface area (Å²) >= 11 is 1.62. The number of thioether (sulfide) groups is 1. The third-order valence-corrected chi connectivity index (χ3v) is 7.92. The first kappa shape index (κ1) is 24.1. The largest absolute Gasteiger partial charge is 0.511 e. The van der Waals surface area contributed by atoms with Gasteiger partial charge in [-0.05, 0) is 58.9 Å². The molecule has 0 saturated carbocycles. The van der Waals surface area contributed by atoms with Crippen LogP contribution in [0.2, 0.25) is 0 Å². The number of fused-ring (bicyclic) bond motifs is 2. The van der Waals surface area contributed by atoms with Crippen LogP contribution in [0, 0.1) is 0 Å². The zero-order valence-electron chi connectivity index (χ0n) is 18.4. The Labute approximate surface area is 203 Å². The molecule has 4 rings (SSSR count). The van der Waals surface area contributed by atoms with Crippen molar-refractivity contribution in [3.63, 3.8) is 0 Å². The molecule has 3 aromatic rings. The van der Waals surface area contributed by atoms with E-state index in [2.05, 4.69) is 16.9 Å². The average molecular weight is 496 g/mol. The van der Waals surface area contributed by atoms with Crippen LogP contribution in [0.25, 0.3) is 6.08 Å². The van der Waals surface area contributed by atoms with Gasteiger partial charge in [0.15, 0.2) is 0 Å². The summed E-state index contributed by atoms with van der Waals surface area (Å²) in [6.07, 6.45) is 1.94. The van der Waals surface area contributed by atoms with E-state index >= 15 is 0 Å². The maximum absolute atomic E-state index is 12.4. The van der Waals surface area contributed by atoms with Gasteiger partial charge >= 0.3 is 6.16 Å². The van der Waals surface area contributed by atoms with Gasteiger partial charge in [-0.1, -0.05) is 60.7 Å². The fourth-order valence-electron chi connectivity index (χ4n) is 3.98. The Morgan fingerprint density at radius 3 is 2.47 bits per heavy atom. The molecule has 0 aromatic heterocycles. The standard InChI is InChI=1S/C26H25NO5S2/c28-26(29)32-22-13-12-21-11-10-20-8-4-5-9-23(20)25(24(21)18-22)33-16-15-27-34(30,31)17-14-19-6-2-1-3-7-19/h1-9,12-14,17-18,25,27H,10-11,15-16H2,(H,28,29). The molecule has 0 radical (unpaired) electrons. The number of carboxylic acid groups (broad SMARTS) is 1. The monoisotopic (exact) mass is 495 g/mol. The number of hydrogen-bond acceptors (Lipinski definition) is 5. The zero-order valence-corrected chi connectivity index (χ0v) is 20.0. The van der Waals surface area contributed by atoms with Crippen LogP contribution in [0.1, 0.15) is 33.1 Å². The van der Waals surface area contributed by atoms with Crippen LogP contribution in [0.3, 0.4) is 0 Å². The van der Waals surface area contributed by atoms with Crippen LogP contribution < -0.4 is 9.46 Å². The van der Waals surface area contributed by atoms with Gasteiger partial charge in [0.05, 0.1) is 5.25 Å². The van der Waals surface area contributed by atoms with E-state index < -0.39 is 16.2 Å². The highest BCUT2D eigenvalue weighted by atomic mass is 32.2. The summed E-state index contributed by atoms with van der Waals surface area (Å²) in [7, 11) is -3.56. The Morgan fingerprint density at radius 2 is 1.71 bits per heavy atom. The number of aryl methyl sites for hydroxylation is 2. The van der Waals surface area contributed by atoms with Crippen molar-refractivity contribution in [3.8, 4) is 5.75 Å². The molecule has 176 valence electrons. The summed E-state index contributed by atoms with van der Waals surface area (Å²) in [4.78, 5) is 11.0. The molecule has 1 unspecified atom stereocenters. The summed E-state index contributed by atoms with van der Waals surface area (Å²) in [5.74, 6) is 0.823. The molecule has 1 aliphatic carbocycles. The second-order valence-electron chi connectivity index (χ2n) is 7.83. The quantitative estimate of drug-likeness (QED) is 0.252. The van der Waals surface area contributed by atoms with Crippen molar-refractivity contribution in [2.45, 2.75) is 18.1 Å². The van der Waals surface area contributed by atoms with Gasteiger partial charge in [-0.2, -0.15) is 0 Å². The molecule has 0 fully saturated rings. The number of carbonyl (C=O) groups is 1. The summed E-state index contributed by atoms with van der Waals surface area (Å²) in [5, 5.41) is 10.1. The van der Waals surface area contributed by atoms with Crippen LogP contribution in [0.5, 0.6) is 5.75 Å². The third-order valence-electron chi connectivity index (χ3n) is 5.54. The van der Waals surface area contributed by atoms with Gasteiger partial charge in [0.1, 0.15) is 5.75 Å². The fourth-order valence-corrected chi connectivity index (χ4v) is 6.20. The zero-order chi connectivity index (χ0) is 24.0. The minimum absolute atomic E-state index is 0.0598. The topological polar surface area (TPSA) is 92.7 Å².